The van der Waals surface area contributed by atoms with Gasteiger partial charge in [-0.05, 0) is 62.5 Å². The van der Waals surface area contributed by atoms with Crippen LogP contribution in [0.3, 0.4) is 0 Å². The molecule has 2 nitrogen and oxygen atoms in total. The molecule has 1 atom stereocenters. The summed E-state index contributed by atoms with van der Waals surface area (Å²) >= 11 is 6.09. The predicted octanol–water partition coefficient (Wildman–Crippen LogP) is 3.15. The first-order valence-electron chi connectivity index (χ1n) is 6.21. The van der Waals surface area contributed by atoms with E-state index in [0.29, 0.717) is 0 Å². The Kier molecular flexibility index (Phi) is 2.85. The van der Waals surface area contributed by atoms with Gasteiger partial charge in [0.15, 0.2) is 0 Å². The number of rotatable bonds is 2. The van der Waals surface area contributed by atoms with Crippen LogP contribution in [-0.2, 0) is 12.8 Å². The second-order valence-electron chi connectivity index (χ2n) is 4.94. The topological polar surface area (TPSA) is 27.8 Å². The molecule has 0 fully saturated rings. The highest BCUT2D eigenvalue weighted by Gasteiger charge is 2.21. The van der Waals surface area contributed by atoms with Gasteiger partial charge < -0.3 is 10.3 Å². The van der Waals surface area contributed by atoms with E-state index in [-0.39, 0.29) is 0 Å². The van der Waals surface area contributed by atoms with Crippen molar-refractivity contribution in [3.8, 4) is 0 Å². The molecular weight excluding hydrogens is 232 g/mol. The Hall–Kier alpha value is -0.990. The van der Waals surface area contributed by atoms with Crippen LogP contribution in [0.4, 0.5) is 0 Å². The Bertz CT molecular complexity index is 544. The van der Waals surface area contributed by atoms with E-state index >= 15 is 0 Å². The molecule has 0 radical (unpaired) electrons. The lowest BCUT2D eigenvalue weighted by Crippen LogP contribution is -2.24. The summed E-state index contributed by atoms with van der Waals surface area (Å²) in [7, 11) is 2.03. The van der Waals surface area contributed by atoms with Gasteiger partial charge in [0.25, 0.3) is 0 Å². The molecule has 3 heteroatoms. The monoisotopic (exact) mass is 248 g/mol. The summed E-state index contributed by atoms with van der Waals surface area (Å²) in [4.78, 5) is 3.53. The fourth-order valence-electron chi connectivity index (χ4n) is 2.92. The number of hydrogen-bond donors (Lipinski definition) is 2. The van der Waals surface area contributed by atoms with E-state index in [1.165, 1.54) is 28.6 Å². The zero-order valence-electron chi connectivity index (χ0n) is 10.0. The first-order valence-corrected chi connectivity index (χ1v) is 6.59. The van der Waals surface area contributed by atoms with E-state index in [2.05, 4.69) is 22.4 Å². The van der Waals surface area contributed by atoms with Crippen LogP contribution >= 0.6 is 11.6 Å². The number of halogens is 1. The lowest BCUT2D eigenvalue weighted by atomic mass is 9.86. The van der Waals surface area contributed by atoms with Crippen molar-refractivity contribution in [3.05, 3.63) is 34.5 Å². The van der Waals surface area contributed by atoms with E-state index in [9.17, 15) is 0 Å². The number of aromatic nitrogens is 1. The summed E-state index contributed by atoms with van der Waals surface area (Å²) in [5.74, 6) is 0.755. The highest BCUT2D eigenvalue weighted by molar-refractivity contribution is 6.31. The molecule has 1 aromatic carbocycles. The maximum atomic E-state index is 6.09. The van der Waals surface area contributed by atoms with Crippen LogP contribution in [0, 0.1) is 5.92 Å². The van der Waals surface area contributed by atoms with Gasteiger partial charge in [0.05, 0.1) is 0 Å². The Morgan fingerprint density at radius 1 is 1.47 bits per heavy atom. The maximum absolute atomic E-state index is 6.09. The van der Waals surface area contributed by atoms with Crippen molar-refractivity contribution in [3.63, 3.8) is 0 Å². The standard InChI is InChI=1S/C14H17ClN2/c1-16-8-9-2-4-13-11(6-9)12-7-10(15)3-5-14(12)17-13/h3,5,7,9,16-17H,2,4,6,8H2,1H3. The molecule has 2 N–H and O–H groups in total. The van der Waals surface area contributed by atoms with Crippen LogP contribution < -0.4 is 5.32 Å². The van der Waals surface area contributed by atoms with Crippen LogP contribution in [0.1, 0.15) is 17.7 Å². The van der Waals surface area contributed by atoms with Crippen molar-refractivity contribution in [1.29, 1.82) is 0 Å². The minimum atomic E-state index is 0.755. The molecule has 0 amide bonds. The quantitative estimate of drug-likeness (QED) is 0.840. The van der Waals surface area contributed by atoms with Crippen molar-refractivity contribution in [2.75, 3.05) is 13.6 Å². The lowest BCUT2D eigenvalue weighted by molar-refractivity contribution is 0.439. The van der Waals surface area contributed by atoms with Gasteiger partial charge >= 0.3 is 0 Å². The molecule has 3 rings (SSSR count). The molecule has 0 saturated heterocycles. The van der Waals surface area contributed by atoms with Gasteiger partial charge in [0, 0.05) is 21.6 Å². The molecule has 1 aliphatic carbocycles. The Balaban J connectivity index is 2.04. The van der Waals surface area contributed by atoms with Crippen molar-refractivity contribution in [2.24, 2.45) is 5.92 Å². The SMILES string of the molecule is CNCC1CCc2[nH]c3ccc(Cl)cc3c2C1. The second kappa shape index (κ2) is 4.35. The number of aromatic amines is 1. The average Bonchev–Trinajstić information content (AvgIpc) is 2.67. The van der Waals surface area contributed by atoms with Gasteiger partial charge in [-0.15, -0.1) is 0 Å². The Labute approximate surface area is 106 Å². The maximum Gasteiger partial charge on any atom is 0.0460 e. The second-order valence-corrected chi connectivity index (χ2v) is 5.37. The normalized spacial score (nSPS) is 19.5. The summed E-state index contributed by atoms with van der Waals surface area (Å²) in [5.41, 5.74) is 4.12. The van der Waals surface area contributed by atoms with Crippen LogP contribution in [-0.4, -0.2) is 18.6 Å². The summed E-state index contributed by atoms with van der Waals surface area (Å²) < 4.78 is 0. The first kappa shape index (κ1) is 11.1. The van der Waals surface area contributed by atoms with Crippen molar-refractivity contribution < 1.29 is 0 Å². The van der Waals surface area contributed by atoms with Crippen LogP contribution in [0.2, 0.25) is 5.02 Å². The molecular formula is C14H17ClN2. The molecule has 17 heavy (non-hydrogen) atoms. The van der Waals surface area contributed by atoms with Gasteiger partial charge in [-0.3, -0.25) is 0 Å². The minimum Gasteiger partial charge on any atom is -0.358 e. The number of aryl methyl sites for hydroxylation is 1. The van der Waals surface area contributed by atoms with E-state index in [4.69, 9.17) is 11.6 Å². The van der Waals surface area contributed by atoms with Crippen molar-refractivity contribution in [1.82, 2.24) is 10.3 Å². The number of benzene rings is 1. The fourth-order valence-corrected chi connectivity index (χ4v) is 3.10. The third-order valence-corrected chi connectivity index (χ3v) is 3.98. The van der Waals surface area contributed by atoms with Gasteiger partial charge in [-0.2, -0.15) is 0 Å². The highest BCUT2D eigenvalue weighted by Crippen LogP contribution is 2.32. The zero-order valence-corrected chi connectivity index (χ0v) is 10.8. The van der Waals surface area contributed by atoms with Gasteiger partial charge in [0.2, 0.25) is 0 Å². The molecule has 1 unspecified atom stereocenters. The van der Waals surface area contributed by atoms with Gasteiger partial charge in [-0.1, -0.05) is 11.6 Å². The van der Waals surface area contributed by atoms with Crippen LogP contribution in [0.25, 0.3) is 10.9 Å². The zero-order chi connectivity index (χ0) is 11.8. The Morgan fingerprint density at radius 2 is 2.35 bits per heavy atom. The predicted molar refractivity (Wildman–Crippen MR) is 72.8 cm³/mol. The third-order valence-electron chi connectivity index (χ3n) is 3.74. The molecule has 2 aromatic rings. The third kappa shape index (κ3) is 1.96. The van der Waals surface area contributed by atoms with E-state index < -0.39 is 0 Å². The number of nitrogens with one attached hydrogen (secondary N) is 2. The summed E-state index contributed by atoms with van der Waals surface area (Å²) in [6.07, 6.45) is 3.60. The highest BCUT2D eigenvalue weighted by atomic mass is 35.5. The molecule has 1 aliphatic rings. The summed E-state index contributed by atoms with van der Waals surface area (Å²) in [6.45, 7) is 1.10. The molecule has 0 spiro atoms. The van der Waals surface area contributed by atoms with Crippen LogP contribution in [0.5, 0.6) is 0 Å². The Morgan fingerprint density at radius 3 is 3.18 bits per heavy atom. The van der Waals surface area contributed by atoms with Crippen molar-refractivity contribution >= 4 is 22.5 Å². The molecule has 1 aromatic heterocycles. The van der Waals surface area contributed by atoms with E-state index in [1.807, 2.05) is 13.1 Å². The summed E-state index contributed by atoms with van der Waals surface area (Å²) in [6, 6.07) is 6.13. The molecule has 0 bridgehead atoms. The number of fused-ring (bicyclic) bond motifs is 3. The van der Waals surface area contributed by atoms with Gasteiger partial charge in [-0.25, -0.2) is 0 Å². The fraction of sp³-hybridized carbons (Fsp3) is 0.429. The molecule has 1 heterocycles. The lowest BCUT2D eigenvalue weighted by Gasteiger charge is -2.22. The first-order chi connectivity index (χ1) is 8.28. The molecule has 0 aliphatic heterocycles. The largest absolute Gasteiger partial charge is 0.358 e. The number of H-pyrrole nitrogens is 1. The minimum absolute atomic E-state index is 0.755. The number of hydrogen-bond acceptors (Lipinski definition) is 1. The van der Waals surface area contributed by atoms with Gasteiger partial charge in [0.1, 0.15) is 0 Å². The average molecular weight is 249 g/mol. The smallest absolute Gasteiger partial charge is 0.0460 e. The van der Waals surface area contributed by atoms with E-state index in [0.717, 1.165) is 30.3 Å². The van der Waals surface area contributed by atoms with Crippen molar-refractivity contribution in [2.45, 2.75) is 19.3 Å². The molecule has 0 saturated carbocycles. The van der Waals surface area contributed by atoms with E-state index in [1.54, 1.807) is 0 Å². The summed E-state index contributed by atoms with van der Waals surface area (Å²) in [5, 5.41) is 5.43. The molecule has 90 valence electrons. The van der Waals surface area contributed by atoms with Crippen LogP contribution in [0.15, 0.2) is 18.2 Å².